The molecule has 0 unspecified atom stereocenters. The summed E-state index contributed by atoms with van der Waals surface area (Å²) in [5, 5.41) is 10.9. The highest BCUT2D eigenvalue weighted by Crippen LogP contribution is 2.35. The maximum atomic E-state index is 13.2. The Morgan fingerprint density at radius 2 is 1.93 bits per heavy atom. The third-order valence-electron chi connectivity index (χ3n) is 5.43. The number of hydrogen-bond donors (Lipinski definition) is 1. The fourth-order valence-electron chi connectivity index (χ4n) is 3.78. The lowest BCUT2D eigenvalue weighted by Crippen LogP contribution is -2.62. The first-order chi connectivity index (χ1) is 12.8. The first-order valence-electron chi connectivity index (χ1n) is 9.13. The normalized spacial score (nSPS) is 25.0. The summed E-state index contributed by atoms with van der Waals surface area (Å²) in [4.78, 5) is 29.6. The SMILES string of the molecule is CN(C)C(=O)N1CC[C@@]2(O)CCN(C(=O)COc3cccc(F)c3)C[C@H]2C1. The third kappa shape index (κ3) is 4.32. The van der Waals surface area contributed by atoms with Crippen molar-refractivity contribution in [1.29, 1.82) is 0 Å². The van der Waals surface area contributed by atoms with E-state index in [1.807, 2.05) is 0 Å². The standard InChI is InChI=1S/C19H26FN3O4/c1-21(2)18(25)23-9-7-19(26)6-8-22(11-14(19)12-23)17(24)13-27-16-5-3-4-15(20)10-16/h3-5,10,14,26H,6-9,11-13H2,1-2H3/t14-,19-/m0/s1. The number of carbonyl (C=O) groups is 2. The van der Waals surface area contributed by atoms with E-state index in [0.29, 0.717) is 44.8 Å². The predicted octanol–water partition coefficient (Wildman–Crippen LogP) is 1.17. The lowest BCUT2D eigenvalue weighted by molar-refractivity contribution is -0.147. The lowest BCUT2D eigenvalue weighted by Gasteiger charge is -2.50. The van der Waals surface area contributed by atoms with E-state index in [1.54, 1.807) is 30.0 Å². The first-order valence-corrected chi connectivity index (χ1v) is 9.13. The van der Waals surface area contributed by atoms with Crippen molar-refractivity contribution in [2.45, 2.75) is 18.4 Å². The van der Waals surface area contributed by atoms with Gasteiger partial charge in [0, 0.05) is 52.3 Å². The van der Waals surface area contributed by atoms with E-state index in [-0.39, 0.29) is 24.5 Å². The van der Waals surface area contributed by atoms with Gasteiger partial charge in [0.2, 0.25) is 0 Å². The Morgan fingerprint density at radius 1 is 1.26 bits per heavy atom. The van der Waals surface area contributed by atoms with Crippen LogP contribution in [0.3, 0.4) is 0 Å². The smallest absolute Gasteiger partial charge is 0.319 e. The summed E-state index contributed by atoms with van der Waals surface area (Å²) in [6.45, 7) is 1.57. The minimum Gasteiger partial charge on any atom is -0.484 e. The van der Waals surface area contributed by atoms with Gasteiger partial charge in [-0.2, -0.15) is 0 Å². The van der Waals surface area contributed by atoms with Gasteiger partial charge in [-0.3, -0.25) is 4.79 Å². The molecule has 3 amide bonds. The van der Waals surface area contributed by atoms with Crippen LogP contribution >= 0.6 is 0 Å². The first kappa shape index (κ1) is 19.4. The van der Waals surface area contributed by atoms with E-state index in [0.717, 1.165) is 0 Å². The fourth-order valence-corrected chi connectivity index (χ4v) is 3.78. The molecule has 2 atom stereocenters. The number of ether oxygens (including phenoxy) is 1. The van der Waals surface area contributed by atoms with Crippen LogP contribution in [0.2, 0.25) is 0 Å². The Bertz CT molecular complexity index is 714. The third-order valence-corrected chi connectivity index (χ3v) is 5.43. The number of aliphatic hydroxyl groups is 1. The minimum absolute atomic E-state index is 0.0880. The summed E-state index contributed by atoms with van der Waals surface area (Å²) in [6.07, 6.45) is 0.992. The van der Waals surface area contributed by atoms with E-state index in [4.69, 9.17) is 4.74 Å². The van der Waals surface area contributed by atoms with E-state index in [9.17, 15) is 19.1 Å². The number of hydrogen-bond acceptors (Lipinski definition) is 4. The quantitative estimate of drug-likeness (QED) is 0.856. The number of amides is 3. The van der Waals surface area contributed by atoms with Gasteiger partial charge >= 0.3 is 6.03 Å². The second kappa shape index (κ2) is 7.72. The molecule has 2 saturated heterocycles. The van der Waals surface area contributed by atoms with E-state index in [1.165, 1.54) is 23.1 Å². The molecule has 27 heavy (non-hydrogen) atoms. The van der Waals surface area contributed by atoms with Gasteiger partial charge in [0.15, 0.2) is 6.61 Å². The van der Waals surface area contributed by atoms with Crippen LogP contribution in [0, 0.1) is 11.7 Å². The van der Waals surface area contributed by atoms with Crippen LogP contribution in [0.5, 0.6) is 5.75 Å². The van der Waals surface area contributed by atoms with Gasteiger partial charge in [-0.25, -0.2) is 9.18 Å². The van der Waals surface area contributed by atoms with Crippen molar-refractivity contribution < 1.29 is 23.8 Å². The predicted molar refractivity (Wildman–Crippen MR) is 96.8 cm³/mol. The molecule has 7 nitrogen and oxygen atoms in total. The minimum atomic E-state index is -0.844. The summed E-state index contributed by atoms with van der Waals surface area (Å²) in [7, 11) is 3.40. The van der Waals surface area contributed by atoms with Gasteiger partial charge in [-0.1, -0.05) is 6.07 Å². The molecule has 2 aliphatic rings. The number of nitrogens with zero attached hydrogens (tertiary/aromatic N) is 3. The largest absolute Gasteiger partial charge is 0.484 e. The monoisotopic (exact) mass is 379 g/mol. The van der Waals surface area contributed by atoms with Crippen molar-refractivity contribution in [3.63, 3.8) is 0 Å². The second-order valence-corrected chi connectivity index (χ2v) is 7.51. The van der Waals surface area contributed by atoms with Crippen LogP contribution in [0.15, 0.2) is 24.3 Å². The van der Waals surface area contributed by atoms with Crippen LogP contribution in [0.25, 0.3) is 0 Å². The van der Waals surface area contributed by atoms with Gasteiger partial charge in [0.25, 0.3) is 5.91 Å². The summed E-state index contributed by atoms with van der Waals surface area (Å²) in [5.41, 5.74) is -0.844. The molecule has 8 heteroatoms. The van der Waals surface area contributed by atoms with Crippen molar-refractivity contribution in [2.24, 2.45) is 5.92 Å². The van der Waals surface area contributed by atoms with Gasteiger partial charge in [0.05, 0.1) is 5.60 Å². The Balaban J connectivity index is 1.59. The zero-order valence-corrected chi connectivity index (χ0v) is 15.7. The molecule has 1 aromatic rings. The second-order valence-electron chi connectivity index (χ2n) is 7.51. The summed E-state index contributed by atoms with van der Waals surface area (Å²) < 4.78 is 18.6. The van der Waals surface area contributed by atoms with Crippen molar-refractivity contribution in [1.82, 2.24) is 14.7 Å². The van der Waals surface area contributed by atoms with E-state index in [2.05, 4.69) is 0 Å². The number of halogens is 1. The molecular weight excluding hydrogens is 353 g/mol. The highest BCUT2D eigenvalue weighted by Gasteiger charge is 2.46. The summed E-state index contributed by atoms with van der Waals surface area (Å²) in [5.74, 6) is -0.521. The Labute approximate surface area is 158 Å². The molecule has 2 heterocycles. The number of carbonyl (C=O) groups excluding carboxylic acids is 2. The molecule has 2 fully saturated rings. The molecule has 3 rings (SSSR count). The number of rotatable bonds is 3. The molecule has 0 radical (unpaired) electrons. The molecule has 1 N–H and O–H groups in total. The van der Waals surface area contributed by atoms with Crippen molar-refractivity contribution >= 4 is 11.9 Å². The average molecular weight is 379 g/mol. The molecule has 0 aromatic heterocycles. The zero-order chi connectivity index (χ0) is 19.6. The topological polar surface area (TPSA) is 73.3 Å². The number of urea groups is 1. The molecule has 0 bridgehead atoms. The van der Waals surface area contributed by atoms with Crippen molar-refractivity contribution in [2.75, 3.05) is 46.9 Å². The maximum Gasteiger partial charge on any atom is 0.319 e. The fraction of sp³-hybridized carbons (Fsp3) is 0.579. The summed E-state index contributed by atoms with van der Waals surface area (Å²) in [6, 6.07) is 5.57. The zero-order valence-electron chi connectivity index (χ0n) is 15.7. The molecular formula is C19H26FN3O4. The molecule has 2 aliphatic heterocycles. The van der Waals surface area contributed by atoms with Crippen molar-refractivity contribution in [3.05, 3.63) is 30.1 Å². The van der Waals surface area contributed by atoms with Crippen LogP contribution in [-0.2, 0) is 4.79 Å². The summed E-state index contributed by atoms with van der Waals surface area (Å²) >= 11 is 0. The number of benzene rings is 1. The Kier molecular flexibility index (Phi) is 5.55. The highest BCUT2D eigenvalue weighted by atomic mass is 19.1. The van der Waals surface area contributed by atoms with Gasteiger partial charge in [-0.05, 0) is 25.0 Å². The Morgan fingerprint density at radius 3 is 2.59 bits per heavy atom. The van der Waals surface area contributed by atoms with Crippen LogP contribution in [0.1, 0.15) is 12.8 Å². The lowest BCUT2D eigenvalue weighted by atomic mass is 9.75. The van der Waals surface area contributed by atoms with Crippen LogP contribution in [-0.4, -0.2) is 84.2 Å². The van der Waals surface area contributed by atoms with Gasteiger partial charge in [-0.15, -0.1) is 0 Å². The maximum absolute atomic E-state index is 13.2. The Hall–Kier alpha value is -2.35. The molecule has 0 saturated carbocycles. The molecule has 148 valence electrons. The number of fused-ring (bicyclic) bond motifs is 1. The average Bonchev–Trinajstić information content (AvgIpc) is 2.64. The number of piperidine rings is 2. The van der Waals surface area contributed by atoms with E-state index < -0.39 is 11.4 Å². The molecule has 0 aliphatic carbocycles. The molecule has 0 spiro atoms. The van der Waals surface area contributed by atoms with Crippen LogP contribution in [0.4, 0.5) is 9.18 Å². The van der Waals surface area contributed by atoms with Crippen LogP contribution < -0.4 is 4.74 Å². The van der Waals surface area contributed by atoms with E-state index >= 15 is 0 Å². The van der Waals surface area contributed by atoms with Crippen molar-refractivity contribution in [3.8, 4) is 5.75 Å². The van der Waals surface area contributed by atoms with Gasteiger partial charge in [0.1, 0.15) is 11.6 Å². The number of likely N-dealkylation sites (tertiary alicyclic amines) is 2. The van der Waals surface area contributed by atoms with Gasteiger partial charge < -0.3 is 24.5 Å². The molecule has 1 aromatic carbocycles. The highest BCUT2D eigenvalue weighted by molar-refractivity contribution is 5.78.